The van der Waals surface area contributed by atoms with Crippen LogP contribution in [0.2, 0.25) is 0 Å². The lowest BCUT2D eigenvalue weighted by Gasteiger charge is -2.12. The van der Waals surface area contributed by atoms with E-state index in [9.17, 15) is 9.59 Å². The summed E-state index contributed by atoms with van der Waals surface area (Å²) in [6.07, 6.45) is 1.78. The van der Waals surface area contributed by atoms with Gasteiger partial charge in [0, 0.05) is 0 Å². The van der Waals surface area contributed by atoms with E-state index < -0.39 is 5.97 Å². The number of rotatable bonds is 5. The van der Waals surface area contributed by atoms with Crippen molar-refractivity contribution < 1.29 is 19.0 Å². The quantitative estimate of drug-likeness (QED) is 0.389. The molecule has 4 rings (SSSR count). The molecular weight excluding hydrogens is 484 g/mol. The second-order valence-corrected chi connectivity index (χ2v) is 8.83. The minimum absolute atomic E-state index is 0.119. The summed E-state index contributed by atoms with van der Waals surface area (Å²) < 4.78 is 18.3. The van der Waals surface area contributed by atoms with Gasteiger partial charge in [-0.3, -0.25) is 4.79 Å². The molecule has 160 valence electrons. The average molecular weight is 503 g/mol. The van der Waals surface area contributed by atoms with Crippen molar-refractivity contribution in [3.63, 3.8) is 0 Å². The fraction of sp³-hybridized carbons (Fsp3) is 0.227. The van der Waals surface area contributed by atoms with Crippen LogP contribution < -0.4 is 19.6 Å². The van der Waals surface area contributed by atoms with Crippen molar-refractivity contribution in [2.24, 2.45) is 0 Å². The van der Waals surface area contributed by atoms with Crippen molar-refractivity contribution in [3.05, 3.63) is 60.3 Å². The van der Waals surface area contributed by atoms with Gasteiger partial charge in [0.1, 0.15) is 0 Å². The summed E-state index contributed by atoms with van der Waals surface area (Å²) in [6.45, 7) is 3.81. The summed E-state index contributed by atoms with van der Waals surface area (Å²) in [6, 6.07) is 7.53. The molecule has 9 heteroatoms. The average Bonchev–Trinajstić information content (AvgIpc) is 3.22. The van der Waals surface area contributed by atoms with Gasteiger partial charge in [0.25, 0.3) is 5.56 Å². The van der Waals surface area contributed by atoms with Crippen molar-refractivity contribution in [2.45, 2.75) is 13.8 Å². The molecule has 0 N–H and O–H groups in total. The van der Waals surface area contributed by atoms with Crippen LogP contribution in [0.4, 0.5) is 0 Å². The predicted octanol–water partition coefficient (Wildman–Crippen LogP) is 3.40. The van der Waals surface area contributed by atoms with Gasteiger partial charge >= 0.3 is 5.97 Å². The summed E-state index contributed by atoms with van der Waals surface area (Å²) in [7, 11) is 2.80. The van der Waals surface area contributed by atoms with Gasteiger partial charge < -0.3 is 14.2 Å². The molecule has 4 aromatic rings. The molecule has 0 bridgehead atoms. The molecule has 7 nitrogen and oxygen atoms in total. The second kappa shape index (κ2) is 8.32. The van der Waals surface area contributed by atoms with Crippen molar-refractivity contribution in [1.29, 1.82) is 0 Å². The first-order valence-electron chi connectivity index (χ1n) is 9.33. The Morgan fingerprint density at radius 3 is 2.65 bits per heavy atom. The van der Waals surface area contributed by atoms with Crippen LogP contribution in [0, 0.1) is 13.8 Å². The number of carbonyl (C=O) groups is 1. The molecule has 0 aliphatic heterocycles. The Labute approximate surface area is 190 Å². The lowest BCUT2D eigenvalue weighted by Crippen LogP contribution is -2.22. The van der Waals surface area contributed by atoms with E-state index in [1.807, 2.05) is 26.0 Å². The Morgan fingerprint density at radius 1 is 1.19 bits per heavy atom. The van der Waals surface area contributed by atoms with E-state index >= 15 is 0 Å². The predicted molar refractivity (Wildman–Crippen MR) is 123 cm³/mol. The van der Waals surface area contributed by atoms with Crippen molar-refractivity contribution in [3.8, 4) is 11.5 Å². The first kappa shape index (κ1) is 21.3. The third-order valence-electron chi connectivity index (χ3n) is 4.97. The third kappa shape index (κ3) is 3.90. The van der Waals surface area contributed by atoms with E-state index in [0.29, 0.717) is 25.5 Å². The topological polar surface area (TPSA) is 79.1 Å². The molecule has 2 aromatic heterocycles. The lowest BCUT2D eigenvalue weighted by atomic mass is 10.1. The van der Waals surface area contributed by atoms with Crippen LogP contribution in [0.15, 0.2) is 33.5 Å². The highest BCUT2D eigenvalue weighted by atomic mass is 79.9. The van der Waals surface area contributed by atoms with Crippen LogP contribution in [0.1, 0.15) is 16.7 Å². The number of esters is 1. The Morgan fingerprint density at radius 2 is 1.94 bits per heavy atom. The van der Waals surface area contributed by atoms with E-state index in [1.165, 1.54) is 25.6 Å². The van der Waals surface area contributed by atoms with Crippen LogP contribution in [0.5, 0.6) is 11.5 Å². The standard InChI is InChI=1S/C22H19BrN2O5S/c1-11-5-15-16(6-12(11)2)25-21(27)18(31-22(25)24-15)9-13-7-14(23)20(17(8-13)28-3)30-10-19(26)29-4/h5-9H,10H2,1-4H3/b18-9-. The van der Waals surface area contributed by atoms with Gasteiger partial charge in [0.15, 0.2) is 23.1 Å². The summed E-state index contributed by atoms with van der Waals surface area (Å²) in [5.74, 6) is 0.306. The SMILES string of the molecule is COC(=O)COc1c(Br)cc(/C=c2\sc3nc4cc(C)c(C)cc4n3c2=O)cc1OC. The summed E-state index contributed by atoms with van der Waals surface area (Å²) in [5.41, 5.74) is 4.50. The van der Waals surface area contributed by atoms with Crippen molar-refractivity contribution >= 4 is 55.3 Å². The maximum absolute atomic E-state index is 13.1. The number of fused-ring (bicyclic) bond motifs is 3. The molecule has 0 radical (unpaired) electrons. The molecule has 2 heterocycles. The molecule has 0 spiro atoms. The number of carbonyl (C=O) groups excluding carboxylic acids is 1. The van der Waals surface area contributed by atoms with Crippen LogP contribution in [0.25, 0.3) is 22.1 Å². The first-order chi connectivity index (χ1) is 14.8. The van der Waals surface area contributed by atoms with E-state index in [-0.39, 0.29) is 12.2 Å². The Bertz CT molecular complexity index is 1440. The largest absolute Gasteiger partial charge is 0.493 e. The van der Waals surface area contributed by atoms with E-state index in [4.69, 9.17) is 9.47 Å². The molecule has 0 fully saturated rings. The normalized spacial score (nSPS) is 12.0. The zero-order valence-corrected chi connectivity index (χ0v) is 19.7. The Kier molecular flexibility index (Phi) is 5.72. The molecule has 0 aliphatic rings. The lowest BCUT2D eigenvalue weighted by molar-refractivity contribution is -0.142. The number of hydrogen-bond donors (Lipinski definition) is 0. The smallest absolute Gasteiger partial charge is 0.343 e. The Balaban J connectivity index is 1.80. The van der Waals surface area contributed by atoms with Crippen molar-refractivity contribution in [1.82, 2.24) is 9.38 Å². The third-order valence-corrected chi connectivity index (χ3v) is 6.52. The van der Waals surface area contributed by atoms with Crippen molar-refractivity contribution in [2.75, 3.05) is 20.8 Å². The minimum atomic E-state index is -0.500. The fourth-order valence-electron chi connectivity index (χ4n) is 3.22. The first-order valence-corrected chi connectivity index (χ1v) is 10.9. The highest BCUT2D eigenvalue weighted by Crippen LogP contribution is 2.37. The number of aryl methyl sites for hydroxylation is 2. The van der Waals surface area contributed by atoms with Crippen LogP contribution in [-0.4, -0.2) is 36.2 Å². The van der Waals surface area contributed by atoms with Gasteiger partial charge in [-0.25, -0.2) is 14.2 Å². The molecule has 0 atom stereocenters. The molecule has 0 unspecified atom stereocenters. The number of ether oxygens (including phenoxy) is 3. The van der Waals surface area contributed by atoms with Gasteiger partial charge in [-0.1, -0.05) is 11.3 Å². The molecule has 0 saturated carbocycles. The number of benzene rings is 2. The van der Waals surface area contributed by atoms with Crippen LogP contribution in [0.3, 0.4) is 0 Å². The molecule has 0 saturated heterocycles. The Hall–Kier alpha value is -2.91. The monoisotopic (exact) mass is 502 g/mol. The second-order valence-electron chi connectivity index (χ2n) is 6.97. The van der Waals surface area contributed by atoms with Gasteiger partial charge in [-0.2, -0.15) is 0 Å². The van der Waals surface area contributed by atoms with Gasteiger partial charge in [0.05, 0.1) is 34.3 Å². The molecule has 0 amide bonds. The number of nitrogens with zero attached hydrogens (tertiary/aromatic N) is 2. The number of hydrogen-bond acceptors (Lipinski definition) is 7. The molecule has 31 heavy (non-hydrogen) atoms. The zero-order valence-electron chi connectivity index (χ0n) is 17.3. The van der Waals surface area contributed by atoms with E-state index in [2.05, 4.69) is 25.7 Å². The summed E-state index contributed by atoms with van der Waals surface area (Å²) in [4.78, 5) is 29.8. The number of methoxy groups -OCH3 is 2. The van der Waals surface area contributed by atoms with E-state index in [0.717, 1.165) is 27.7 Å². The number of aromatic nitrogens is 2. The maximum atomic E-state index is 13.1. The number of thiazole rings is 1. The maximum Gasteiger partial charge on any atom is 0.343 e. The zero-order chi connectivity index (χ0) is 22.3. The van der Waals surface area contributed by atoms with Gasteiger partial charge in [0.2, 0.25) is 0 Å². The molecular formula is C22H19BrN2O5S. The van der Waals surface area contributed by atoms with Crippen LogP contribution in [-0.2, 0) is 9.53 Å². The summed E-state index contributed by atoms with van der Waals surface area (Å²) in [5, 5.41) is 0. The number of halogens is 1. The summed E-state index contributed by atoms with van der Waals surface area (Å²) >= 11 is 4.78. The van der Waals surface area contributed by atoms with E-state index in [1.54, 1.807) is 22.6 Å². The molecule has 0 aliphatic carbocycles. The highest BCUT2D eigenvalue weighted by molar-refractivity contribution is 9.10. The number of imidazole rings is 1. The van der Waals surface area contributed by atoms with Gasteiger partial charge in [-0.15, -0.1) is 0 Å². The highest BCUT2D eigenvalue weighted by Gasteiger charge is 2.15. The van der Waals surface area contributed by atoms with Gasteiger partial charge in [-0.05, 0) is 76.8 Å². The minimum Gasteiger partial charge on any atom is -0.493 e. The van der Waals surface area contributed by atoms with Crippen LogP contribution >= 0.6 is 27.3 Å². The fourth-order valence-corrected chi connectivity index (χ4v) is 4.78. The molecule has 2 aromatic carbocycles.